The Morgan fingerprint density at radius 1 is 0.903 bits per heavy atom. The van der Waals surface area contributed by atoms with Crippen LogP contribution in [0.4, 0.5) is 8.78 Å². The third-order valence-electron chi connectivity index (χ3n) is 12.7. The average molecular weight is 845 g/mol. The minimum Gasteiger partial charge on any atom is -0.375 e. The Bertz CT molecular complexity index is 2490. The number of carbonyl (C=O) groups is 4. The number of hydrogen-bond acceptors (Lipinski definition) is 9. The Morgan fingerprint density at radius 3 is 2.52 bits per heavy atom. The van der Waals surface area contributed by atoms with Gasteiger partial charge in [-0.2, -0.15) is 5.10 Å². The Balaban J connectivity index is 0.734. The van der Waals surface area contributed by atoms with Gasteiger partial charge in [0.25, 0.3) is 5.91 Å². The number of nitrogens with zero attached hydrogens (tertiary/aromatic N) is 6. The Labute approximate surface area is 358 Å². The number of rotatable bonds is 13. The van der Waals surface area contributed by atoms with E-state index in [1.807, 2.05) is 34.0 Å². The Kier molecular flexibility index (Phi) is 12.2. The van der Waals surface area contributed by atoms with Gasteiger partial charge in [0, 0.05) is 80.4 Å². The second-order valence-corrected chi connectivity index (χ2v) is 16.9. The lowest BCUT2D eigenvalue weighted by molar-refractivity contribution is -0.137. The predicted molar refractivity (Wildman–Crippen MR) is 227 cm³/mol. The molecule has 5 aromatic rings. The monoisotopic (exact) mass is 844 g/mol. The van der Waals surface area contributed by atoms with Crippen LogP contribution in [-0.2, 0) is 38.5 Å². The number of aromatic nitrogens is 4. The van der Waals surface area contributed by atoms with Crippen LogP contribution in [0.15, 0.2) is 67.1 Å². The molecule has 0 bridgehead atoms. The fraction of sp³-hybridized carbons (Fsp3) is 0.426. The molecule has 0 spiro atoms. The van der Waals surface area contributed by atoms with Crippen LogP contribution in [0.25, 0.3) is 33.4 Å². The summed E-state index contributed by atoms with van der Waals surface area (Å²) in [5.41, 5.74) is 6.20. The van der Waals surface area contributed by atoms with E-state index in [4.69, 9.17) is 9.72 Å². The molecule has 2 unspecified atom stereocenters. The van der Waals surface area contributed by atoms with Crippen molar-refractivity contribution in [1.82, 2.24) is 40.2 Å². The van der Waals surface area contributed by atoms with Crippen LogP contribution < -0.4 is 10.6 Å². The summed E-state index contributed by atoms with van der Waals surface area (Å²) in [6.45, 7) is 3.49. The molecule has 0 radical (unpaired) electrons. The smallest absolute Gasteiger partial charge is 0.255 e. The number of piperidine rings is 2. The van der Waals surface area contributed by atoms with Crippen molar-refractivity contribution >= 4 is 34.7 Å². The molecular weight excluding hydrogens is 795 g/mol. The molecule has 9 rings (SSSR count). The van der Waals surface area contributed by atoms with Crippen molar-refractivity contribution in [2.75, 3.05) is 32.8 Å². The highest BCUT2D eigenvalue weighted by atomic mass is 19.1. The summed E-state index contributed by atoms with van der Waals surface area (Å²) in [4.78, 5) is 63.2. The van der Waals surface area contributed by atoms with Crippen molar-refractivity contribution in [3.05, 3.63) is 101 Å². The second kappa shape index (κ2) is 18.2. The molecule has 13 nitrogen and oxygen atoms in total. The molecule has 4 aliphatic heterocycles. The van der Waals surface area contributed by atoms with E-state index < -0.39 is 23.6 Å². The number of hydrogen-bond donors (Lipinski definition) is 2. The number of likely N-dealkylation sites (tertiary alicyclic amines) is 1. The molecule has 4 amide bonds. The van der Waals surface area contributed by atoms with Gasteiger partial charge in [0.2, 0.25) is 17.7 Å². The molecule has 3 saturated heterocycles. The van der Waals surface area contributed by atoms with E-state index in [2.05, 4.69) is 26.8 Å². The van der Waals surface area contributed by atoms with Crippen LogP contribution >= 0.6 is 0 Å². The first kappa shape index (κ1) is 41.4. The molecule has 2 aromatic heterocycles. The maximum Gasteiger partial charge on any atom is 0.255 e. The van der Waals surface area contributed by atoms with E-state index in [0.29, 0.717) is 79.0 Å². The number of benzene rings is 3. The molecule has 2 atom stereocenters. The number of fused-ring (bicyclic) bond motifs is 2. The first-order valence-corrected chi connectivity index (χ1v) is 21.8. The Morgan fingerprint density at radius 2 is 1.73 bits per heavy atom. The number of ether oxygens (including phenoxy) is 1. The first-order valence-electron chi connectivity index (χ1n) is 21.8. The zero-order valence-electron chi connectivity index (χ0n) is 34.6. The maximum atomic E-state index is 15.4. The standard InChI is InChI=1S/C47H50F2N8O5/c48-38-21-30(22-39(49)37(38)23-34-25-50-16-19-62-34)35-7-5-8-40-45(35)53-41(26-51-40)32-24-52-57(28-32)33-14-17-55(18-15-33)44(59)9-4-2-1-3-6-29-10-11-36-31(20-29)27-56(47(36)61)42-12-13-43(58)54-46(42)60/h5,7-8,10-11,20-22,24,26,28,33-34,42,50H,1-4,6,9,12-19,23,25,27H2,(H,54,58,60). The van der Waals surface area contributed by atoms with Gasteiger partial charge in [-0.1, -0.05) is 37.1 Å². The normalized spacial score (nSPS) is 19.6. The number of aryl methyl sites for hydroxylation is 1. The highest BCUT2D eigenvalue weighted by molar-refractivity contribution is 6.05. The van der Waals surface area contributed by atoms with E-state index in [-0.39, 0.29) is 48.3 Å². The SMILES string of the molecule is O=C1CCC(N2Cc3cc(CCCCCCC(=O)N4CCC(n5cc(-c6cnc7cccc(-c8cc(F)c(CC9CNCCO9)c(F)c8)c7n6)cn5)CC4)ccc3C2=O)C(=O)N1. The number of para-hydroxylation sites is 1. The lowest BCUT2D eigenvalue weighted by atomic mass is 9.98. The van der Waals surface area contributed by atoms with Gasteiger partial charge in [-0.05, 0) is 79.5 Å². The summed E-state index contributed by atoms with van der Waals surface area (Å²) >= 11 is 0. The highest BCUT2D eigenvalue weighted by Gasteiger charge is 2.39. The zero-order chi connectivity index (χ0) is 42.7. The number of imide groups is 1. The largest absolute Gasteiger partial charge is 0.375 e. The van der Waals surface area contributed by atoms with E-state index in [1.54, 1.807) is 29.4 Å². The Hall–Kier alpha value is -5.93. The summed E-state index contributed by atoms with van der Waals surface area (Å²) in [6, 6.07) is 13.6. The van der Waals surface area contributed by atoms with Crippen molar-refractivity contribution in [3.8, 4) is 22.4 Å². The van der Waals surface area contributed by atoms with E-state index in [9.17, 15) is 19.2 Å². The number of nitrogens with one attached hydrogen (secondary N) is 2. The van der Waals surface area contributed by atoms with E-state index >= 15 is 8.78 Å². The molecule has 322 valence electrons. The zero-order valence-corrected chi connectivity index (χ0v) is 34.6. The third-order valence-corrected chi connectivity index (χ3v) is 12.7. The molecule has 4 aliphatic rings. The molecule has 2 N–H and O–H groups in total. The lowest BCUT2D eigenvalue weighted by Crippen LogP contribution is -2.52. The number of unbranched alkanes of at least 4 members (excludes halogenated alkanes) is 3. The van der Waals surface area contributed by atoms with Crippen molar-refractivity contribution in [2.45, 2.75) is 95.4 Å². The van der Waals surface area contributed by atoms with Crippen LogP contribution in [0.2, 0.25) is 0 Å². The molecule has 62 heavy (non-hydrogen) atoms. The summed E-state index contributed by atoms with van der Waals surface area (Å²) in [5, 5.41) is 10.2. The minimum atomic E-state index is -0.617. The number of halogens is 2. The molecule has 0 aliphatic carbocycles. The van der Waals surface area contributed by atoms with Crippen LogP contribution in [0.5, 0.6) is 0 Å². The third kappa shape index (κ3) is 8.86. The minimum absolute atomic E-state index is 0.0126. The van der Waals surface area contributed by atoms with E-state index in [0.717, 1.165) is 68.2 Å². The van der Waals surface area contributed by atoms with E-state index in [1.165, 1.54) is 12.1 Å². The van der Waals surface area contributed by atoms with Gasteiger partial charge >= 0.3 is 0 Å². The molecule has 6 heterocycles. The average Bonchev–Trinajstić information content (AvgIpc) is 3.91. The topological polar surface area (TPSA) is 152 Å². The molecule has 3 aromatic carbocycles. The number of morpholine rings is 1. The summed E-state index contributed by atoms with van der Waals surface area (Å²) in [7, 11) is 0. The van der Waals surface area contributed by atoms with Crippen molar-refractivity contribution < 1.29 is 32.7 Å². The van der Waals surface area contributed by atoms with Gasteiger partial charge in [-0.15, -0.1) is 0 Å². The van der Waals surface area contributed by atoms with Gasteiger partial charge in [0.15, 0.2) is 0 Å². The van der Waals surface area contributed by atoms with Crippen molar-refractivity contribution in [2.24, 2.45) is 0 Å². The van der Waals surface area contributed by atoms with Crippen LogP contribution in [-0.4, -0.2) is 98.1 Å². The number of amides is 4. The highest BCUT2D eigenvalue weighted by Crippen LogP contribution is 2.33. The summed E-state index contributed by atoms with van der Waals surface area (Å²) in [6.07, 6.45) is 12.6. The second-order valence-electron chi connectivity index (χ2n) is 16.9. The van der Waals surface area contributed by atoms with Gasteiger partial charge in [0.05, 0.1) is 47.9 Å². The van der Waals surface area contributed by atoms with Gasteiger partial charge < -0.3 is 19.9 Å². The van der Waals surface area contributed by atoms with Crippen molar-refractivity contribution in [3.63, 3.8) is 0 Å². The molecule has 3 fully saturated rings. The molecule has 0 saturated carbocycles. The first-order chi connectivity index (χ1) is 30.2. The quantitative estimate of drug-likeness (QED) is 0.106. The lowest BCUT2D eigenvalue weighted by Gasteiger charge is -2.32. The number of carbonyl (C=O) groups excluding carboxylic acids is 4. The van der Waals surface area contributed by atoms with Crippen LogP contribution in [0.3, 0.4) is 0 Å². The fourth-order valence-corrected chi connectivity index (χ4v) is 9.29. The van der Waals surface area contributed by atoms with Crippen molar-refractivity contribution in [1.29, 1.82) is 0 Å². The van der Waals surface area contributed by atoms with Crippen LogP contribution in [0, 0.1) is 11.6 Å². The fourth-order valence-electron chi connectivity index (χ4n) is 9.29. The summed E-state index contributed by atoms with van der Waals surface area (Å²) in [5.74, 6) is -1.91. The molecule has 15 heteroatoms. The van der Waals surface area contributed by atoms with Crippen LogP contribution in [0.1, 0.15) is 90.9 Å². The van der Waals surface area contributed by atoms with Gasteiger partial charge in [0.1, 0.15) is 17.7 Å². The van der Waals surface area contributed by atoms with Gasteiger partial charge in [-0.25, -0.2) is 13.8 Å². The predicted octanol–water partition coefficient (Wildman–Crippen LogP) is 6.09. The summed E-state index contributed by atoms with van der Waals surface area (Å²) < 4.78 is 38.4. The molecular formula is C47H50F2N8O5. The van der Waals surface area contributed by atoms with Gasteiger partial charge in [-0.3, -0.25) is 34.2 Å². The maximum absolute atomic E-state index is 15.4.